The fourth-order valence-corrected chi connectivity index (χ4v) is 4.04. The summed E-state index contributed by atoms with van der Waals surface area (Å²) in [6.45, 7) is 13.0. The first kappa shape index (κ1) is 29.3. The predicted octanol–water partition coefficient (Wildman–Crippen LogP) is 5.07. The third kappa shape index (κ3) is 10.5. The van der Waals surface area contributed by atoms with Crippen LogP contribution >= 0.6 is 9.47 Å². The number of esters is 2. The first-order valence-corrected chi connectivity index (χ1v) is 11.7. The minimum absolute atomic E-state index is 0.0359. The number of hydrogen-bond donors (Lipinski definition) is 1. The van der Waals surface area contributed by atoms with Crippen LogP contribution in [0, 0.1) is 16.2 Å². The lowest BCUT2D eigenvalue weighted by Gasteiger charge is -2.30. The molecule has 0 rings (SSSR count). The van der Waals surface area contributed by atoms with Gasteiger partial charge in [-0.05, 0) is 50.4 Å². The lowest BCUT2D eigenvalue weighted by Crippen LogP contribution is -2.42. The van der Waals surface area contributed by atoms with Gasteiger partial charge in [0.05, 0.1) is 19.8 Å². The summed E-state index contributed by atoms with van der Waals surface area (Å²) < 4.78 is 15.9. The highest BCUT2D eigenvalue weighted by molar-refractivity contribution is 7.09. The fraction of sp³-hybridized carbons (Fsp3) is 0.913. The Balaban J connectivity index is 5.26. The molecule has 0 aliphatic heterocycles. The zero-order valence-electron chi connectivity index (χ0n) is 20.1. The van der Waals surface area contributed by atoms with E-state index in [9.17, 15) is 14.7 Å². The highest BCUT2D eigenvalue weighted by Gasteiger charge is 2.47. The molecule has 0 radical (unpaired) electrons. The van der Waals surface area contributed by atoms with Crippen molar-refractivity contribution in [2.75, 3.05) is 26.4 Å². The van der Waals surface area contributed by atoms with E-state index in [2.05, 4.69) is 23.3 Å². The largest absolute Gasteiger partial charge is 0.465 e. The van der Waals surface area contributed by atoms with Crippen LogP contribution in [0.5, 0.6) is 0 Å². The second-order valence-electron chi connectivity index (χ2n) is 9.73. The molecule has 0 aromatic heterocycles. The van der Waals surface area contributed by atoms with Crippen LogP contribution in [-0.2, 0) is 23.6 Å². The first-order chi connectivity index (χ1) is 14.0. The Bertz CT molecular complexity index is 486. The van der Waals surface area contributed by atoms with Crippen molar-refractivity contribution in [3.8, 4) is 0 Å². The summed E-state index contributed by atoms with van der Waals surface area (Å²) in [4.78, 5) is 25.9. The molecule has 0 bridgehead atoms. The third-order valence-electron chi connectivity index (χ3n) is 5.65. The molecule has 0 saturated carbocycles. The van der Waals surface area contributed by atoms with Crippen LogP contribution in [0.25, 0.3) is 0 Å². The molecule has 178 valence electrons. The zero-order valence-corrected chi connectivity index (χ0v) is 21.2. The number of rotatable bonds is 17. The summed E-state index contributed by atoms with van der Waals surface area (Å²) >= 11 is 0. The number of carbonyl (C=O) groups excluding carboxylic acids is 2. The van der Waals surface area contributed by atoms with Crippen molar-refractivity contribution < 1.29 is 28.7 Å². The quantitative estimate of drug-likeness (QED) is 0.145. The molecular weight excluding hydrogens is 403 g/mol. The molecule has 0 aromatic rings. The zero-order chi connectivity index (χ0) is 23.3. The SMILES string of the molecule is CCOC(=O)C(CCCCC(C)(C)CO)(CCCCC(C)(C)COP)C(=O)OCC. The summed E-state index contributed by atoms with van der Waals surface area (Å²) in [5.74, 6) is -0.949. The highest BCUT2D eigenvalue weighted by atomic mass is 31.0. The van der Waals surface area contributed by atoms with Gasteiger partial charge in [0.25, 0.3) is 0 Å². The van der Waals surface area contributed by atoms with Gasteiger partial charge >= 0.3 is 11.9 Å². The molecule has 1 N–H and O–H groups in total. The average molecular weight is 449 g/mol. The molecule has 0 fully saturated rings. The highest BCUT2D eigenvalue weighted by Crippen LogP contribution is 2.37. The van der Waals surface area contributed by atoms with Crippen molar-refractivity contribution in [3.05, 3.63) is 0 Å². The Morgan fingerprint density at radius 2 is 1.17 bits per heavy atom. The Kier molecular flexibility index (Phi) is 14.0. The molecule has 0 spiro atoms. The Hall–Kier alpha value is -0.710. The van der Waals surface area contributed by atoms with Crippen LogP contribution in [0.15, 0.2) is 0 Å². The molecule has 0 heterocycles. The molecule has 6 nitrogen and oxygen atoms in total. The molecule has 1 unspecified atom stereocenters. The Morgan fingerprint density at radius 1 is 0.767 bits per heavy atom. The maximum absolute atomic E-state index is 12.9. The van der Waals surface area contributed by atoms with E-state index in [1.54, 1.807) is 13.8 Å². The van der Waals surface area contributed by atoms with Crippen molar-refractivity contribution in [1.82, 2.24) is 0 Å². The van der Waals surface area contributed by atoms with E-state index in [1.807, 2.05) is 13.8 Å². The minimum atomic E-state index is -1.25. The van der Waals surface area contributed by atoms with Gasteiger partial charge in [-0.25, -0.2) is 0 Å². The topological polar surface area (TPSA) is 82.1 Å². The molecule has 0 aromatic carbocycles. The van der Waals surface area contributed by atoms with Crippen LogP contribution < -0.4 is 0 Å². The van der Waals surface area contributed by atoms with Crippen molar-refractivity contribution in [2.24, 2.45) is 16.2 Å². The number of unbranched alkanes of at least 4 members (excludes halogenated alkanes) is 2. The summed E-state index contributed by atoms with van der Waals surface area (Å²) in [6.07, 6.45) is 5.75. The van der Waals surface area contributed by atoms with E-state index in [0.29, 0.717) is 25.9 Å². The second-order valence-corrected chi connectivity index (χ2v) is 10.1. The van der Waals surface area contributed by atoms with Crippen LogP contribution in [0.1, 0.15) is 92.9 Å². The van der Waals surface area contributed by atoms with E-state index in [1.165, 1.54) is 0 Å². The maximum atomic E-state index is 12.9. The van der Waals surface area contributed by atoms with Gasteiger partial charge in [0.15, 0.2) is 5.41 Å². The van der Waals surface area contributed by atoms with E-state index < -0.39 is 17.4 Å². The van der Waals surface area contributed by atoms with E-state index in [-0.39, 0.29) is 30.7 Å². The monoisotopic (exact) mass is 448 g/mol. The summed E-state index contributed by atoms with van der Waals surface area (Å²) in [5.41, 5.74) is -1.38. The van der Waals surface area contributed by atoms with Crippen LogP contribution in [0.2, 0.25) is 0 Å². The normalized spacial score (nSPS) is 12.7. The van der Waals surface area contributed by atoms with Gasteiger partial charge in [-0.3, -0.25) is 9.59 Å². The fourth-order valence-electron chi connectivity index (χ4n) is 3.59. The number of carbonyl (C=O) groups is 2. The van der Waals surface area contributed by atoms with E-state index >= 15 is 0 Å². The van der Waals surface area contributed by atoms with Crippen LogP contribution in [-0.4, -0.2) is 43.5 Å². The van der Waals surface area contributed by atoms with Gasteiger partial charge in [0, 0.05) is 16.1 Å². The van der Waals surface area contributed by atoms with E-state index in [4.69, 9.17) is 14.0 Å². The van der Waals surface area contributed by atoms with Gasteiger partial charge in [-0.2, -0.15) is 0 Å². The molecular formula is C23H45O6P. The molecule has 0 amide bonds. The number of hydrogen-bond acceptors (Lipinski definition) is 6. The number of aliphatic hydroxyl groups is 1. The van der Waals surface area contributed by atoms with Gasteiger partial charge in [-0.15, -0.1) is 0 Å². The smallest absolute Gasteiger partial charge is 0.323 e. The van der Waals surface area contributed by atoms with Gasteiger partial charge in [0.1, 0.15) is 0 Å². The van der Waals surface area contributed by atoms with Gasteiger partial charge in [-0.1, -0.05) is 53.4 Å². The second kappa shape index (κ2) is 14.4. The maximum Gasteiger partial charge on any atom is 0.323 e. The summed E-state index contributed by atoms with van der Waals surface area (Å²) in [7, 11) is 2.28. The molecule has 0 saturated heterocycles. The molecule has 1 atom stereocenters. The van der Waals surface area contributed by atoms with Crippen molar-refractivity contribution in [2.45, 2.75) is 92.9 Å². The summed E-state index contributed by atoms with van der Waals surface area (Å²) in [6, 6.07) is 0. The van der Waals surface area contributed by atoms with Crippen molar-refractivity contribution in [1.29, 1.82) is 0 Å². The molecule has 7 heteroatoms. The first-order valence-electron chi connectivity index (χ1n) is 11.3. The van der Waals surface area contributed by atoms with Crippen molar-refractivity contribution >= 4 is 21.4 Å². The standard InChI is InChI=1S/C23H45O6P/c1-7-27-19(25)23(20(26)28-8-2,15-11-9-13-21(3,4)17-24)16-12-10-14-22(5,6)18-29-30/h24H,7-18,30H2,1-6H3. The number of aliphatic hydroxyl groups excluding tert-OH is 1. The number of ether oxygens (including phenoxy) is 2. The minimum Gasteiger partial charge on any atom is -0.465 e. The summed E-state index contributed by atoms with van der Waals surface area (Å²) in [5, 5.41) is 9.46. The third-order valence-corrected chi connectivity index (χ3v) is 5.82. The average Bonchev–Trinajstić information content (AvgIpc) is 2.67. The van der Waals surface area contributed by atoms with Gasteiger partial charge in [0.2, 0.25) is 0 Å². The Labute approximate surface area is 186 Å². The molecule has 0 aliphatic rings. The van der Waals surface area contributed by atoms with E-state index in [0.717, 1.165) is 32.1 Å². The van der Waals surface area contributed by atoms with Crippen molar-refractivity contribution in [3.63, 3.8) is 0 Å². The lowest BCUT2D eigenvalue weighted by molar-refractivity contribution is -0.173. The predicted molar refractivity (Wildman–Crippen MR) is 123 cm³/mol. The van der Waals surface area contributed by atoms with Crippen LogP contribution in [0.4, 0.5) is 0 Å². The molecule has 0 aliphatic carbocycles. The Morgan fingerprint density at radius 3 is 1.53 bits per heavy atom. The lowest BCUT2D eigenvalue weighted by atomic mass is 9.76. The van der Waals surface area contributed by atoms with Gasteiger partial charge < -0.3 is 19.1 Å². The van der Waals surface area contributed by atoms with Crippen LogP contribution in [0.3, 0.4) is 0 Å². The molecule has 30 heavy (non-hydrogen) atoms.